The van der Waals surface area contributed by atoms with Gasteiger partial charge in [-0.1, -0.05) is 47.7 Å². The number of fused-ring (bicyclic) bond motifs is 1. The first-order valence-corrected chi connectivity index (χ1v) is 11.1. The van der Waals surface area contributed by atoms with Gasteiger partial charge in [0.15, 0.2) is 4.34 Å². The van der Waals surface area contributed by atoms with Crippen molar-refractivity contribution >= 4 is 56.5 Å². The van der Waals surface area contributed by atoms with Crippen molar-refractivity contribution < 1.29 is 9.59 Å². The Labute approximate surface area is 182 Å². The molecule has 0 spiro atoms. The lowest BCUT2D eigenvalue weighted by molar-refractivity contribution is -0.113. The van der Waals surface area contributed by atoms with Gasteiger partial charge < -0.3 is 10.6 Å². The average molecular weight is 434 g/mol. The minimum absolute atomic E-state index is 0.0727. The van der Waals surface area contributed by atoms with Crippen LogP contribution in [0.2, 0.25) is 0 Å². The van der Waals surface area contributed by atoms with E-state index >= 15 is 0 Å². The topological polar surface area (TPSA) is 71.1 Å². The molecule has 7 heteroatoms. The van der Waals surface area contributed by atoms with E-state index in [1.54, 1.807) is 0 Å². The Morgan fingerprint density at radius 3 is 2.47 bits per heavy atom. The summed E-state index contributed by atoms with van der Waals surface area (Å²) >= 11 is 2.90. The molecule has 1 heterocycles. The van der Waals surface area contributed by atoms with Crippen LogP contribution in [0.3, 0.4) is 0 Å². The van der Waals surface area contributed by atoms with Gasteiger partial charge in [0.05, 0.1) is 16.0 Å². The molecule has 0 radical (unpaired) electrons. The number of carbonyl (C=O) groups excluding carboxylic acids is 2. The summed E-state index contributed by atoms with van der Waals surface area (Å²) in [5.74, 6) is 0.0636. The Kier molecular flexibility index (Phi) is 6.11. The predicted octanol–water partition coefficient (Wildman–Crippen LogP) is 5.59. The maximum Gasteiger partial charge on any atom is 0.255 e. The Morgan fingerprint density at radius 2 is 1.70 bits per heavy atom. The lowest BCUT2D eigenvalue weighted by Gasteiger charge is -2.05. The van der Waals surface area contributed by atoms with Crippen molar-refractivity contribution in [3.8, 4) is 0 Å². The normalized spacial score (nSPS) is 10.7. The monoisotopic (exact) mass is 433 g/mol. The van der Waals surface area contributed by atoms with E-state index in [1.807, 2.05) is 79.7 Å². The molecule has 3 aromatic carbocycles. The summed E-state index contributed by atoms with van der Waals surface area (Å²) < 4.78 is 1.78. The third-order valence-electron chi connectivity index (χ3n) is 4.32. The third-order valence-corrected chi connectivity index (χ3v) is 6.49. The van der Waals surface area contributed by atoms with Gasteiger partial charge in [0, 0.05) is 16.9 Å². The number of thioether (sulfide) groups is 1. The fourth-order valence-electron chi connectivity index (χ4n) is 2.80. The maximum atomic E-state index is 12.4. The van der Waals surface area contributed by atoms with Crippen molar-refractivity contribution in [2.24, 2.45) is 0 Å². The number of hydrogen-bond acceptors (Lipinski definition) is 5. The van der Waals surface area contributed by atoms with Crippen LogP contribution < -0.4 is 10.6 Å². The Morgan fingerprint density at radius 1 is 0.933 bits per heavy atom. The number of amides is 2. The summed E-state index contributed by atoms with van der Waals surface area (Å²) in [5, 5.41) is 5.79. The molecule has 5 nitrogen and oxygen atoms in total. The summed E-state index contributed by atoms with van der Waals surface area (Å²) in [5.41, 5.74) is 4.07. The maximum absolute atomic E-state index is 12.4. The number of aryl methyl sites for hydroxylation is 1. The average Bonchev–Trinajstić information content (AvgIpc) is 3.16. The fourth-order valence-corrected chi connectivity index (χ4v) is 4.70. The third kappa shape index (κ3) is 5.06. The molecule has 2 N–H and O–H groups in total. The van der Waals surface area contributed by atoms with Gasteiger partial charge in [-0.05, 0) is 49.4 Å². The summed E-state index contributed by atoms with van der Waals surface area (Å²) in [6, 6.07) is 22.5. The van der Waals surface area contributed by atoms with Gasteiger partial charge >= 0.3 is 0 Å². The van der Waals surface area contributed by atoms with Crippen LogP contribution in [0.15, 0.2) is 77.1 Å². The number of thiazole rings is 1. The predicted molar refractivity (Wildman–Crippen MR) is 125 cm³/mol. The van der Waals surface area contributed by atoms with Gasteiger partial charge in [-0.25, -0.2) is 4.98 Å². The number of nitrogens with one attached hydrogen (secondary N) is 2. The minimum atomic E-state index is -0.147. The Hall–Kier alpha value is -3.16. The van der Waals surface area contributed by atoms with Gasteiger partial charge in [-0.15, -0.1) is 11.3 Å². The van der Waals surface area contributed by atoms with Crippen molar-refractivity contribution in [3.63, 3.8) is 0 Å². The molecular weight excluding hydrogens is 414 g/mol. The van der Waals surface area contributed by atoms with Crippen LogP contribution in [-0.2, 0) is 4.79 Å². The van der Waals surface area contributed by atoms with Gasteiger partial charge in [-0.3, -0.25) is 9.59 Å². The number of rotatable bonds is 6. The van der Waals surface area contributed by atoms with Crippen molar-refractivity contribution in [1.82, 2.24) is 4.98 Å². The van der Waals surface area contributed by atoms with Crippen LogP contribution in [-0.4, -0.2) is 22.6 Å². The van der Waals surface area contributed by atoms with E-state index in [4.69, 9.17) is 0 Å². The van der Waals surface area contributed by atoms with Crippen molar-refractivity contribution in [3.05, 3.63) is 83.9 Å². The van der Waals surface area contributed by atoms with E-state index in [0.717, 1.165) is 31.5 Å². The number of carbonyl (C=O) groups is 2. The molecule has 30 heavy (non-hydrogen) atoms. The quantitative estimate of drug-likeness (QED) is 0.389. The molecule has 150 valence electrons. The van der Waals surface area contributed by atoms with Crippen molar-refractivity contribution in [2.45, 2.75) is 11.3 Å². The largest absolute Gasteiger partial charge is 0.325 e. The molecular formula is C23H19N3O2S2. The lowest BCUT2D eigenvalue weighted by Crippen LogP contribution is -2.13. The SMILES string of the molecule is Cc1ccc(C(=O)Nc2ccc3nc(SCC(=O)Nc4ccccc4)sc3c2)cc1. The van der Waals surface area contributed by atoms with E-state index in [2.05, 4.69) is 15.6 Å². The molecule has 0 aliphatic rings. The first-order valence-electron chi connectivity index (χ1n) is 9.33. The zero-order chi connectivity index (χ0) is 20.9. The molecule has 0 atom stereocenters. The Bertz CT molecular complexity index is 1190. The minimum Gasteiger partial charge on any atom is -0.325 e. The van der Waals surface area contributed by atoms with Crippen LogP contribution in [0.4, 0.5) is 11.4 Å². The van der Waals surface area contributed by atoms with Crippen molar-refractivity contribution in [1.29, 1.82) is 0 Å². The van der Waals surface area contributed by atoms with Crippen LogP contribution in [0.1, 0.15) is 15.9 Å². The molecule has 0 fully saturated rings. The molecule has 0 aliphatic heterocycles. The molecule has 0 saturated carbocycles. The highest BCUT2D eigenvalue weighted by atomic mass is 32.2. The highest BCUT2D eigenvalue weighted by molar-refractivity contribution is 8.01. The molecule has 4 aromatic rings. The summed E-state index contributed by atoms with van der Waals surface area (Å²) in [4.78, 5) is 29.1. The Balaban J connectivity index is 1.39. The molecule has 0 bridgehead atoms. The van der Waals surface area contributed by atoms with E-state index in [1.165, 1.54) is 23.1 Å². The second-order valence-corrected chi connectivity index (χ2v) is 8.94. The molecule has 4 rings (SSSR count). The number of nitrogens with zero attached hydrogens (tertiary/aromatic N) is 1. The second-order valence-electron chi connectivity index (χ2n) is 6.69. The number of para-hydroxylation sites is 1. The number of benzene rings is 3. The number of aromatic nitrogens is 1. The van der Waals surface area contributed by atoms with E-state index in [-0.39, 0.29) is 17.6 Å². The summed E-state index contributed by atoms with van der Waals surface area (Å²) in [7, 11) is 0. The molecule has 1 aromatic heterocycles. The lowest BCUT2D eigenvalue weighted by atomic mass is 10.1. The van der Waals surface area contributed by atoms with Gasteiger partial charge in [-0.2, -0.15) is 0 Å². The first kappa shape index (κ1) is 20.1. The zero-order valence-electron chi connectivity index (χ0n) is 16.2. The smallest absolute Gasteiger partial charge is 0.255 e. The molecule has 0 aliphatic carbocycles. The number of hydrogen-bond donors (Lipinski definition) is 2. The summed E-state index contributed by atoms with van der Waals surface area (Å²) in [6.07, 6.45) is 0. The second kappa shape index (κ2) is 9.11. The highest BCUT2D eigenvalue weighted by Gasteiger charge is 2.10. The highest BCUT2D eigenvalue weighted by Crippen LogP contribution is 2.31. The first-order chi connectivity index (χ1) is 14.6. The van der Waals surface area contributed by atoms with Crippen LogP contribution in [0, 0.1) is 6.92 Å². The van der Waals surface area contributed by atoms with Crippen LogP contribution in [0.25, 0.3) is 10.2 Å². The van der Waals surface area contributed by atoms with Gasteiger partial charge in [0.2, 0.25) is 5.91 Å². The molecule has 2 amide bonds. The zero-order valence-corrected chi connectivity index (χ0v) is 17.8. The van der Waals surface area contributed by atoms with Crippen molar-refractivity contribution in [2.75, 3.05) is 16.4 Å². The van der Waals surface area contributed by atoms with Gasteiger partial charge in [0.1, 0.15) is 0 Å². The summed E-state index contributed by atoms with van der Waals surface area (Å²) in [6.45, 7) is 1.99. The van der Waals surface area contributed by atoms with Crippen LogP contribution in [0.5, 0.6) is 0 Å². The standard InChI is InChI=1S/C23H19N3O2S2/c1-15-7-9-16(10-8-15)22(28)25-18-11-12-19-20(13-18)30-23(26-19)29-14-21(27)24-17-5-3-2-4-6-17/h2-13H,14H2,1H3,(H,24,27)(H,25,28). The van der Waals surface area contributed by atoms with Gasteiger partial charge in [0.25, 0.3) is 5.91 Å². The molecule has 0 unspecified atom stereocenters. The van der Waals surface area contributed by atoms with Crippen LogP contribution >= 0.6 is 23.1 Å². The fraction of sp³-hybridized carbons (Fsp3) is 0.0870. The van der Waals surface area contributed by atoms with E-state index in [9.17, 15) is 9.59 Å². The molecule has 0 saturated heterocycles. The van der Waals surface area contributed by atoms with E-state index < -0.39 is 0 Å². The van der Waals surface area contributed by atoms with E-state index in [0.29, 0.717) is 5.56 Å². The number of anilines is 2.